The summed E-state index contributed by atoms with van der Waals surface area (Å²) in [6.07, 6.45) is 4.48. The smallest absolute Gasteiger partial charge is 0.262 e. The minimum atomic E-state index is -0.239. The third-order valence-corrected chi connectivity index (χ3v) is 4.29. The predicted molar refractivity (Wildman–Crippen MR) is 93.7 cm³/mol. The van der Waals surface area contributed by atoms with Crippen LogP contribution < -0.4 is 10.1 Å². The molecular formula is C18H17Cl2NO2. The van der Waals surface area contributed by atoms with E-state index >= 15 is 0 Å². The number of rotatable bonds is 4. The van der Waals surface area contributed by atoms with Crippen LogP contribution in [0.15, 0.2) is 36.4 Å². The Balaban J connectivity index is 1.63. The molecule has 2 aromatic carbocycles. The largest absolute Gasteiger partial charge is 0.483 e. The molecule has 0 aromatic heterocycles. The quantitative estimate of drug-likeness (QED) is 0.853. The zero-order valence-electron chi connectivity index (χ0n) is 12.6. The zero-order chi connectivity index (χ0) is 16.2. The van der Waals surface area contributed by atoms with Gasteiger partial charge in [0.05, 0.1) is 0 Å². The molecule has 0 unspecified atom stereocenters. The maximum atomic E-state index is 12.1. The number of fused-ring (bicyclic) bond motifs is 1. The van der Waals surface area contributed by atoms with Gasteiger partial charge in [-0.05, 0) is 61.1 Å². The van der Waals surface area contributed by atoms with Gasteiger partial charge in [0.15, 0.2) is 6.61 Å². The van der Waals surface area contributed by atoms with E-state index in [2.05, 4.69) is 11.4 Å². The van der Waals surface area contributed by atoms with E-state index in [1.165, 1.54) is 24.0 Å². The van der Waals surface area contributed by atoms with E-state index in [0.29, 0.717) is 15.7 Å². The number of carbonyl (C=O) groups excluding carboxylic acids is 1. The summed E-state index contributed by atoms with van der Waals surface area (Å²) < 4.78 is 5.72. The number of hydrogen-bond donors (Lipinski definition) is 1. The lowest BCUT2D eigenvalue weighted by molar-refractivity contribution is -0.118. The molecule has 1 N–H and O–H groups in total. The highest BCUT2D eigenvalue weighted by Crippen LogP contribution is 2.29. The third-order valence-electron chi connectivity index (χ3n) is 3.86. The molecule has 1 amide bonds. The number of amides is 1. The van der Waals surface area contributed by atoms with Crippen molar-refractivity contribution in [1.82, 2.24) is 0 Å². The Kier molecular flexibility index (Phi) is 5.09. The number of ether oxygens (including phenoxy) is 1. The number of hydrogen-bond acceptors (Lipinski definition) is 2. The summed E-state index contributed by atoms with van der Waals surface area (Å²) in [5.74, 6) is 0.568. The first-order valence-corrected chi connectivity index (χ1v) is 8.37. The first-order valence-electron chi connectivity index (χ1n) is 7.61. The van der Waals surface area contributed by atoms with E-state index in [4.69, 9.17) is 27.9 Å². The van der Waals surface area contributed by atoms with Crippen molar-refractivity contribution in [3.8, 4) is 5.75 Å². The molecule has 3 rings (SSSR count). The number of benzene rings is 2. The summed E-state index contributed by atoms with van der Waals surface area (Å²) in [6, 6.07) is 11.0. The van der Waals surface area contributed by atoms with Crippen LogP contribution in [0.2, 0.25) is 10.0 Å². The lowest BCUT2D eigenvalue weighted by Gasteiger charge is -2.19. The fourth-order valence-corrected chi connectivity index (χ4v) is 3.37. The summed E-state index contributed by atoms with van der Waals surface area (Å²) in [5, 5.41) is 3.70. The predicted octanol–water partition coefficient (Wildman–Crippen LogP) is 4.89. The van der Waals surface area contributed by atoms with Crippen LogP contribution in [0.4, 0.5) is 5.69 Å². The van der Waals surface area contributed by atoms with Crippen molar-refractivity contribution in [3.05, 3.63) is 57.6 Å². The van der Waals surface area contributed by atoms with Crippen molar-refractivity contribution in [2.45, 2.75) is 25.7 Å². The zero-order valence-corrected chi connectivity index (χ0v) is 14.1. The molecule has 3 nitrogen and oxygen atoms in total. The second-order valence-corrected chi connectivity index (χ2v) is 6.47. The van der Waals surface area contributed by atoms with Crippen LogP contribution in [0.25, 0.3) is 0 Å². The van der Waals surface area contributed by atoms with Gasteiger partial charge >= 0.3 is 0 Å². The molecule has 23 heavy (non-hydrogen) atoms. The van der Waals surface area contributed by atoms with Crippen LogP contribution in [-0.4, -0.2) is 12.5 Å². The minimum Gasteiger partial charge on any atom is -0.483 e. The highest BCUT2D eigenvalue weighted by molar-refractivity contribution is 6.35. The normalized spacial score (nSPS) is 13.3. The van der Waals surface area contributed by atoms with Crippen LogP contribution in [0.5, 0.6) is 5.75 Å². The van der Waals surface area contributed by atoms with Gasteiger partial charge in [0, 0.05) is 15.7 Å². The van der Waals surface area contributed by atoms with Crippen molar-refractivity contribution in [3.63, 3.8) is 0 Å². The number of nitrogens with one attached hydrogen (secondary N) is 1. The van der Waals surface area contributed by atoms with Crippen molar-refractivity contribution in [1.29, 1.82) is 0 Å². The van der Waals surface area contributed by atoms with Gasteiger partial charge in [0.25, 0.3) is 5.91 Å². The van der Waals surface area contributed by atoms with Crippen molar-refractivity contribution in [2.24, 2.45) is 0 Å². The van der Waals surface area contributed by atoms with Gasteiger partial charge in [-0.25, -0.2) is 0 Å². The molecule has 2 aromatic rings. The molecule has 0 saturated heterocycles. The minimum absolute atomic E-state index is 0.0411. The fourth-order valence-electron chi connectivity index (χ4n) is 2.85. The van der Waals surface area contributed by atoms with Gasteiger partial charge in [0.1, 0.15) is 5.75 Å². The first kappa shape index (κ1) is 16.2. The summed E-state index contributed by atoms with van der Waals surface area (Å²) in [5.41, 5.74) is 3.12. The molecule has 0 saturated carbocycles. The lowest BCUT2D eigenvalue weighted by Crippen LogP contribution is -2.21. The first-order chi connectivity index (χ1) is 11.1. The Bertz CT molecular complexity index is 711. The van der Waals surface area contributed by atoms with E-state index in [1.807, 2.05) is 12.1 Å². The van der Waals surface area contributed by atoms with Crippen LogP contribution in [-0.2, 0) is 17.6 Å². The number of halogens is 2. The maximum Gasteiger partial charge on any atom is 0.262 e. The molecular weight excluding hydrogens is 333 g/mol. The summed E-state index contributed by atoms with van der Waals surface area (Å²) >= 11 is 11.8. The molecule has 0 atom stereocenters. The van der Waals surface area contributed by atoms with Crippen LogP contribution in [0.1, 0.15) is 24.0 Å². The Hall–Kier alpha value is -1.71. The highest BCUT2D eigenvalue weighted by Gasteiger charge is 2.14. The Labute approximate surface area is 145 Å². The van der Waals surface area contributed by atoms with E-state index < -0.39 is 0 Å². The molecule has 0 heterocycles. The molecule has 1 aliphatic carbocycles. The molecule has 0 spiro atoms. The highest BCUT2D eigenvalue weighted by atomic mass is 35.5. The molecule has 1 aliphatic rings. The lowest BCUT2D eigenvalue weighted by atomic mass is 9.91. The van der Waals surface area contributed by atoms with Crippen LogP contribution in [0, 0.1) is 0 Å². The molecule has 0 bridgehead atoms. The number of aryl methyl sites for hydroxylation is 1. The van der Waals surface area contributed by atoms with Gasteiger partial charge in [-0.15, -0.1) is 0 Å². The van der Waals surface area contributed by atoms with E-state index in [9.17, 15) is 4.79 Å². The van der Waals surface area contributed by atoms with Gasteiger partial charge in [0.2, 0.25) is 0 Å². The summed E-state index contributed by atoms with van der Waals surface area (Å²) in [4.78, 5) is 12.1. The van der Waals surface area contributed by atoms with Gasteiger partial charge in [-0.3, -0.25) is 4.79 Å². The Morgan fingerprint density at radius 1 is 1.09 bits per heavy atom. The molecule has 0 radical (unpaired) electrons. The average Bonchev–Trinajstić information content (AvgIpc) is 2.52. The van der Waals surface area contributed by atoms with Gasteiger partial charge in [-0.1, -0.05) is 35.3 Å². The van der Waals surface area contributed by atoms with Crippen molar-refractivity contribution < 1.29 is 9.53 Å². The standard InChI is InChI=1S/C18H17Cl2NO2/c19-13-8-14(20)10-15(9-13)21-18(22)11-23-17-7-3-5-12-4-1-2-6-16(12)17/h3,5,7-10H,1-2,4,6,11H2,(H,21,22). The number of anilines is 1. The molecule has 0 aliphatic heterocycles. The summed E-state index contributed by atoms with van der Waals surface area (Å²) in [7, 11) is 0. The van der Waals surface area contributed by atoms with E-state index in [-0.39, 0.29) is 12.5 Å². The number of carbonyl (C=O) groups is 1. The fraction of sp³-hybridized carbons (Fsp3) is 0.278. The maximum absolute atomic E-state index is 12.1. The second kappa shape index (κ2) is 7.24. The Morgan fingerprint density at radius 3 is 2.61 bits per heavy atom. The molecule has 5 heteroatoms. The van der Waals surface area contributed by atoms with Crippen molar-refractivity contribution >= 4 is 34.8 Å². The van der Waals surface area contributed by atoms with E-state index in [1.54, 1.807) is 18.2 Å². The summed E-state index contributed by atoms with van der Waals surface area (Å²) in [6.45, 7) is -0.0411. The van der Waals surface area contributed by atoms with Crippen LogP contribution in [0.3, 0.4) is 0 Å². The Morgan fingerprint density at radius 2 is 1.83 bits per heavy atom. The topological polar surface area (TPSA) is 38.3 Å². The van der Waals surface area contributed by atoms with Gasteiger partial charge < -0.3 is 10.1 Å². The monoisotopic (exact) mass is 349 g/mol. The van der Waals surface area contributed by atoms with E-state index in [0.717, 1.165) is 18.6 Å². The second-order valence-electron chi connectivity index (χ2n) is 5.60. The van der Waals surface area contributed by atoms with Crippen LogP contribution >= 0.6 is 23.2 Å². The SMILES string of the molecule is O=C(COc1cccc2c1CCCC2)Nc1cc(Cl)cc(Cl)c1. The van der Waals surface area contributed by atoms with Crippen molar-refractivity contribution in [2.75, 3.05) is 11.9 Å². The average molecular weight is 350 g/mol. The molecule has 0 fully saturated rings. The third kappa shape index (κ3) is 4.18. The van der Waals surface area contributed by atoms with Gasteiger partial charge in [-0.2, -0.15) is 0 Å². The molecule has 120 valence electrons.